The third-order valence-corrected chi connectivity index (χ3v) is 2.63. The highest BCUT2D eigenvalue weighted by Gasteiger charge is 2.02. The highest BCUT2D eigenvalue weighted by atomic mass is 35.5. The van der Waals surface area contributed by atoms with Crippen molar-refractivity contribution in [2.45, 2.75) is 11.7 Å². The van der Waals surface area contributed by atoms with Crippen LogP contribution < -0.4 is 0 Å². The zero-order chi connectivity index (χ0) is 10.2. The number of ether oxygens (including phenoxy) is 1. The lowest BCUT2D eigenvalue weighted by Gasteiger charge is -2.03. The van der Waals surface area contributed by atoms with E-state index >= 15 is 0 Å². The molecule has 4 nitrogen and oxygen atoms in total. The van der Waals surface area contributed by atoms with Gasteiger partial charge in [0.2, 0.25) is 0 Å². The summed E-state index contributed by atoms with van der Waals surface area (Å²) in [6, 6.07) is 0. The van der Waals surface area contributed by atoms with Crippen molar-refractivity contribution in [1.29, 1.82) is 0 Å². The number of thioether (sulfide) groups is 1. The zero-order valence-electron chi connectivity index (χ0n) is 7.89. The second-order valence-corrected chi connectivity index (χ2v) is 3.71. The predicted octanol–water partition coefficient (Wildman–Crippen LogP) is 1.77. The van der Waals surface area contributed by atoms with E-state index in [4.69, 9.17) is 16.3 Å². The number of rotatable bonds is 6. The highest BCUT2D eigenvalue weighted by Crippen LogP contribution is 2.14. The van der Waals surface area contributed by atoms with Gasteiger partial charge < -0.3 is 9.30 Å². The van der Waals surface area contributed by atoms with Crippen LogP contribution in [0, 0.1) is 0 Å². The standard InChI is InChI=1S/C8H12ClN3OS/c1-13-5-4-12-7-10-11-8(12)14-6-2-3-9/h2-3,7H,4-6H2,1H3/b3-2+. The van der Waals surface area contributed by atoms with Crippen LogP contribution in [0.5, 0.6) is 0 Å². The number of halogens is 1. The fourth-order valence-corrected chi connectivity index (χ4v) is 1.80. The van der Waals surface area contributed by atoms with E-state index in [1.54, 1.807) is 25.2 Å². The van der Waals surface area contributed by atoms with Gasteiger partial charge in [-0.25, -0.2) is 0 Å². The van der Waals surface area contributed by atoms with Crippen molar-refractivity contribution in [1.82, 2.24) is 14.8 Å². The molecule has 1 rings (SSSR count). The predicted molar refractivity (Wildman–Crippen MR) is 57.6 cm³/mol. The summed E-state index contributed by atoms with van der Waals surface area (Å²) in [7, 11) is 1.67. The first-order valence-corrected chi connectivity index (χ1v) is 5.55. The average Bonchev–Trinajstić information content (AvgIpc) is 2.63. The zero-order valence-corrected chi connectivity index (χ0v) is 9.46. The Morgan fingerprint density at radius 1 is 1.71 bits per heavy atom. The Balaban J connectivity index is 2.45. The molecule has 0 saturated heterocycles. The van der Waals surface area contributed by atoms with Gasteiger partial charge in [0, 0.05) is 24.9 Å². The summed E-state index contributed by atoms with van der Waals surface area (Å²) in [6.45, 7) is 1.44. The van der Waals surface area contributed by atoms with Gasteiger partial charge in [-0.1, -0.05) is 29.4 Å². The monoisotopic (exact) mass is 233 g/mol. The second-order valence-electron chi connectivity index (χ2n) is 2.47. The first-order valence-electron chi connectivity index (χ1n) is 4.13. The van der Waals surface area contributed by atoms with Crippen molar-refractivity contribution in [3.05, 3.63) is 17.9 Å². The van der Waals surface area contributed by atoms with Gasteiger partial charge in [0.05, 0.1) is 6.61 Å². The molecule has 0 aliphatic rings. The van der Waals surface area contributed by atoms with E-state index in [9.17, 15) is 0 Å². The van der Waals surface area contributed by atoms with Crippen LogP contribution in [-0.2, 0) is 11.3 Å². The number of hydrogen-bond acceptors (Lipinski definition) is 4. The molecule has 0 unspecified atom stereocenters. The minimum Gasteiger partial charge on any atom is -0.383 e. The van der Waals surface area contributed by atoms with Crippen molar-refractivity contribution in [2.75, 3.05) is 19.5 Å². The minimum atomic E-state index is 0.664. The van der Waals surface area contributed by atoms with E-state index in [-0.39, 0.29) is 0 Å². The van der Waals surface area contributed by atoms with Crippen LogP contribution in [0.3, 0.4) is 0 Å². The van der Waals surface area contributed by atoms with Crippen LogP contribution in [0.25, 0.3) is 0 Å². The van der Waals surface area contributed by atoms with Gasteiger partial charge in [0.1, 0.15) is 6.33 Å². The molecule has 0 bridgehead atoms. The van der Waals surface area contributed by atoms with E-state index in [0.717, 1.165) is 17.5 Å². The summed E-state index contributed by atoms with van der Waals surface area (Å²) >= 11 is 7.00. The summed E-state index contributed by atoms with van der Waals surface area (Å²) in [5.74, 6) is 0.801. The highest BCUT2D eigenvalue weighted by molar-refractivity contribution is 7.99. The lowest BCUT2D eigenvalue weighted by molar-refractivity contribution is 0.184. The fourth-order valence-electron chi connectivity index (χ4n) is 0.858. The lowest BCUT2D eigenvalue weighted by Crippen LogP contribution is -2.04. The third-order valence-electron chi connectivity index (χ3n) is 1.51. The molecule has 0 aromatic carbocycles. The SMILES string of the molecule is COCCn1cnnc1SC/C=C/Cl. The fraction of sp³-hybridized carbons (Fsp3) is 0.500. The average molecular weight is 234 g/mol. The van der Waals surface area contributed by atoms with E-state index in [2.05, 4.69) is 10.2 Å². The smallest absolute Gasteiger partial charge is 0.191 e. The van der Waals surface area contributed by atoms with Crippen LogP contribution in [-0.4, -0.2) is 34.2 Å². The molecule has 0 amide bonds. The molecule has 0 N–H and O–H groups in total. The number of methoxy groups -OCH3 is 1. The van der Waals surface area contributed by atoms with Crippen molar-refractivity contribution in [3.63, 3.8) is 0 Å². The molecule has 1 aromatic heterocycles. The van der Waals surface area contributed by atoms with E-state index in [1.165, 1.54) is 5.54 Å². The van der Waals surface area contributed by atoms with Gasteiger partial charge in [-0.2, -0.15) is 0 Å². The van der Waals surface area contributed by atoms with Crippen LogP contribution >= 0.6 is 23.4 Å². The summed E-state index contributed by atoms with van der Waals surface area (Å²) < 4.78 is 6.93. The summed E-state index contributed by atoms with van der Waals surface area (Å²) in [5.41, 5.74) is 1.50. The summed E-state index contributed by atoms with van der Waals surface area (Å²) in [4.78, 5) is 0. The van der Waals surface area contributed by atoms with Gasteiger partial charge in [0.15, 0.2) is 5.16 Å². The third kappa shape index (κ3) is 3.69. The summed E-state index contributed by atoms with van der Waals surface area (Å²) in [6.07, 6.45) is 3.56. The van der Waals surface area contributed by atoms with Crippen molar-refractivity contribution >= 4 is 23.4 Å². The van der Waals surface area contributed by atoms with Crippen molar-refractivity contribution in [3.8, 4) is 0 Å². The van der Waals surface area contributed by atoms with E-state index in [0.29, 0.717) is 6.61 Å². The van der Waals surface area contributed by atoms with Crippen LogP contribution in [0.15, 0.2) is 23.1 Å². The maximum absolute atomic E-state index is 5.41. The molecule has 1 aromatic rings. The first-order chi connectivity index (χ1) is 6.88. The molecule has 0 aliphatic heterocycles. The largest absolute Gasteiger partial charge is 0.383 e. The number of aromatic nitrogens is 3. The first kappa shape index (κ1) is 11.6. The van der Waals surface area contributed by atoms with E-state index < -0.39 is 0 Å². The van der Waals surface area contributed by atoms with Crippen molar-refractivity contribution < 1.29 is 4.74 Å². The Morgan fingerprint density at radius 2 is 2.57 bits per heavy atom. The molecule has 0 fully saturated rings. The molecular weight excluding hydrogens is 222 g/mol. The van der Waals surface area contributed by atoms with Crippen LogP contribution in [0.1, 0.15) is 0 Å². The number of nitrogens with zero attached hydrogens (tertiary/aromatic N) is 3. The minimum absolute atomic E-state index is 0.664. The Kier molecular flexibility index (Phi) is 5.66. The molecule has 0 atom stereocenters. The Morgan fingerprint density at radius 3 is 3.29 bits per heavy atom. The van der Waals surface area contributed by atoms with Crippen LogP contribution in [0.2, 0.25) is 0 Å². The second kappa shape index (κ2) is 6.86. The summed E-state index contributed by atoms with van der Waals surface area (Å²) in [5, 5.41) is 8.70. The molecule has 14 heavy (non-hydrogen) atoms. The maximum Gasteiger partial charge on any atom is 0.191 e. The molecule has 0 aliphatic carbocycles. The van der Waals surface area contributed by atoms with E-state index in [1.807, 2.05) is 10.6 Å². The van der Waals surface area contributed by atoms with Gasteiger partial charge in [-0.15, -0.1) is 10.2 Å². The molecule has 1 heterocycles. The van der Waals surface area contributed by atoms with Gasteiger partial charge in [-0.3, -0.25) is 0 Å². The topological polar surface area (TPSA) is 39.9 Å². The van der Waals surface area contributed by atoms with Crippen LogP contribution in [0.4, 0.5) is 0 Å². The number of hydrogen-bond donors (Lipinski definition) is 0. The Bertz CT molecular complexity index is 290. The maximum atomic E-state index is 5.41. The molecule has 0 spiro atoms. The Hall–Kier alpha value is -0.520. The molecule has 0 radical (unpaired) electrons. The lowest BCUT2D eigenvalue weighted by atomic mass is 10.7. The van der Waals surface area contributed by atoms with Gasteiger partial charge >= 0.3 is 0 Å². The molecule has 78 valence electrons. The quantitative estimate of drug-likeness (QED) is 0.703. The van der Waals surface area contributed by atoms with Gasteiger partial charge in [0.25, 0.3) is 0 Å². The molecule has 0 saturated carbocycles. The molecule has 6 heteroatoms. The molecular formula is C8H12ClN3OS. The Labute approximate surface area is 92.3 Å². The van der Waals surface area contributed by atoms with Crippen molar-refractivity contribution in [2.24, 2.45) is 0 Å². The normalized spacial score (nSPS) is 11.3. The van der Waals surface area contributed by atoms with Gasteiger partial charge in [-0.05, 0) is 0 Å².